The maximum absolute atomic E-state index is 6.31. The minimum atomic E-state index is -0.149. The first-order chi connectivity index (χ1) is 9.56. The van der Waals surface area contributed by atoms with Crippen molar-refractivity contribution in [1.29, 1.82) is 0 Å². The molecule has 3 aromatic rings. The van der Waals surface area contributed by atoms with Crippen LogP contribution in [0.1, 0.15) is 18.1 Å². The summed E-state index contributed by atoms with van der Waals surface area (Å²) in [6.07, 6.45) is 0. The zero-order valence-electron chi connectivity index (χ0n) is 10.6. The lowest BCUT2D eigenvalue weighted by atomic mass is 10.2. The van der Waals surface area contributed by atoms with Gasteiger partial charge in [-0.1, -0.05) is 15.9 Å². The third kappa shape index (κ3) is 2.61. The summed E-state index contributed by atoms with van der Waals surface area (Å²) < 4.78 is 4.35. The lowest BCUT2D eigenvalue weighted by Gasteiger charge is -2.10. The molecule has 0 aliphatic carbocycles. The van der Waals surface area contributed by atoms with Gasteiger partial charge in [0.15, 0.2) is 0 Å². The van der Waals surface area contributed by atoms with Crippen LogP contribution >= 0.6 is 50.1 Å². The highest BCUT2D eigenvalue weighted by molar-refractivity contribution is 14.1. The lowest BCUT2D eigenvalue weighted by molar-refractivity contribution is 0.882. The van der Waals surface area contributed by atoms with Gasteiger partial charge in [-0.2, -0.15) is 0 Å². The molecule has 2 nitrogen and oxygen atoms in total. The van der Waals surface area contributed by atoms with E-state index >= 15 is 0 Å². The van der Waals surface area contributed by atoms with E-state index in [0.29, 0.717) is 0 Å². The summed E-state index contributed by atoms with van der Waals surface area (Å²) in [5.41, 5.74) is 3.12. The Kier molecular flexibility index (Phi) is 4.06. The number of hydrogen-bond donors (Lipinski definition) is 0. The number of benzene rings is 2. The Hall–Kier alpha value is -0.590. The van der Waals surface area contributed by atoms with E-state index in [-0.39, 0.29) is 5.38 Å². The molecule has 0 aliphatic rings. The number of fused-ring (bicyclic) bond motifs is 1. The van der Waals surface area contributed by atoms with E-state index in [2.05, 4.69) is 78.4 Å². The second kappa shape index (κ2) is 5.66. The van der Waals surface area contributed by atoms with Crippen molar-refractivity contribution in [3.63, 3.8) is 0 Å². The van der Waals surface area contributed by atoms with Crippen molar-refractivity contribution in [2.45, 2.75) is 12.3 Å². The van der Waals surface area contributed by atoms with Gasteiger partial charge in [0.1, 0.15) is 5.82 Å². The number of hydrogen-bond acceptors (Lipinski definition) is 1. The summed E-state index contributed by atoms with van der Waals surface area (Å²) in [5, 5.41) is -0.149. The number of alkyl halides is 1. The van der Waals surface area contributed by atoms with E-state index < -0.39 is 0 Å². The Morgan fingerprint density at radius 2 is 1.90 bits per heavy atom. The standard InChI is InChI=1S/C15H11BrClIN2/c1-9(17)15-19-13-8-11(18)4-7-14(13)20(15)12-5-2-10(16)3-6-12/h2-9H,1H3. The van der Waals surface area contributed by atoms with E-state index in [4.69, 9.17) is 11.6 Å². The number of imidazole rings is 1. The molecule has 1 aromatic heterocycles. The van der Waals surface area contributed by atoms with Crippen LogP contribution in [0.5, 0.6) is 0 Å². The summed E-state index contributed by atoms with van der Waals surface area (Å²) in [4.78, 5) is 4.69. The zero-order chi connectivity index (χ0) is 14.3. The largest absolute Gasteiger partial charge is 0.295 e. The Morgan fingerprint density at radius 3 is 2.55 bits per heavy atom. The van der Waals surface area contributed by atoms with Crippen molar-refractivity contribution in [3.8, 4) is 5.69 Å². The van der Waals surface area contributed by atoms with Crippen LogP contribution in [0.15, 0.2) is 46.9 Å². The Balaban J connectivity index is 2.31. The van der Waals surface area contributed by atoms with Crippen molar-refractivity contribution in [3.05, 3.63) is 56.3 Å². The molecule has 1 heterocycles. The second-order valence-corrected chi connectivity index (χ2v) is 7.35. The van der Waals surface area contributed by atoms with Crippen LogP contribution in [-0.4, -0.2) is 9.55 Å². The highest BCUT2D eigenvalue weighted by Gasteiger charge is 2.16. The average Bonchev–Trinajstić information content (AvgIpc) is 2.78. The van der Waals surface area contributed by atoms with Crippen LogP contribution in [0.4, 0.5) is 0 Å². The van der Waals surface area contributed by atoms with Gasteiger partial charge in [-0.05, 0) is 72.0 Å². The SMILES string of the molecule is CC(Cl)c1nc2cc(I)ccc2n1-c1ccc(Br)cc1. The molecule has 0 radical (unpaired) electrons. The maximum Gasteiger partial charge on any atom is 0.132 e. The Labute approximate surface area is 144 Å². The molecule has 0 bridgehead atoms. The summed E-state index contributed by atoms with van der Waals surface area (Å²) in [5.74, 6) is 0.867. The minimum Gasteiger partial charge on any atom is -0.295 e. The van der Waals surface area contributed by atoms with E-state index in [1.807, 2.05) is 19.1 Å². The van der Waals surface area contributed by atoms with Crippen LogP contribution in [0.25, 0.3) is 16.7 Å². The van der Waals surface area contributed by atoms with Crippen molar-refractivity contribution in [2.75, 3.05) is 0 Å². The molecule has 0 aliphatic heterocycles. The second-order valence-electron chi connectivity index (χ2n) is 4.53. The van der Waals surface area contributed by atoms with Crippen LogP contribution in [0, 0.1) is 3.57 Å². The fourth-order valence-corrected chi connectivity index (χ4v) is 3.09. The average molecular weight is 462 g/mol. The highest BCUT2D eigenvalue weighted by atomic mass is 127. The van der Waals surface area contributed by atoms with Gasteiger partial charge in [0, 0.05) is 13.7 Å². The quantitative estimate of drug-likeness (QED) is 0.354. The Bertz CT molecular complexity index is 765. The van der Waals surface area contributed by atoms with Crippen molar-refractivity contribution < 1.29 is 0 Å². The summed E-state index contributed by atoms with van der Waals surface area (Å²) in [6.45, 7) is 1.95. The van der Waals surface area contributed by atoms with E-state index in [1.54, 1.807) is 0 Å². The van der Waals surface area contributed by atoms with Gasteiger partial charge in [0.05, 0.1) is 16.4 Å². The molecule has 2 aromatic carbocycles. The first-order valence-corrected chi connectivity index (χ1v) is 8.45. The number of rotatable bonds is 2. The third-order valence-electron chi connectivity index (χ3n) is 3.08. The maximum atomic E-state index is 6.31. The predicted octanol–water partition coefficient (Wildman–Crippen LogP) is 5.69. The smallest absolute Gasteiger partial charge is 0.132 e. The van der Waals surface area contributed by atoms with E-state index in [9.17, 15) is 0 Å². The fourth-order valence-electron chi connectivity index (χ4n) is 2.20. The van der Waals surface area contributed by atoms with Crippen LogP contribution in [0.2, 0.25) is 0 Å². The van der Waals surface area contributed by atoms with Gasteiger partial charge in [0.25, 0.3) is 0 Å². The van der Waals surface area contributed by atoms with E-state index in [1.165, 1.54) is 3.57 Å². The molecule has 20 heavy (non-hydrogen) atoms. The van der Waals surface area contributed by atoms with Crippen molar-refractivity contribution in [1.82, 2.24) is 9.55 Å². The summed E-state index contributed by atoms with van der Waals surface area (Å²) in [7, 11) is 0. The molecule has 3 rings (SSSR count). The van der Waals surface area contributed by atoms with Gasteiger partial charge in [-0.25, -0.2) is 4.98 Å². The molecule has 102 valence electrons. The number of halogens is 3. The summed E-state index contributed by atoms with van der Waals surface area (Å²) in [6, 6.07) is 14.4. The third-order valence-corrected chi connectivity index (χ3v) is 4.48. The molecule has 0 fully saturated rings. The molecular formula is C15H11BrClIN2. The minimum absolute atomic E-state index is 0.149. The molecule has 1 atom stereocenters. The number of aromatic nitrogens is 2. The van der Waals surface area contributed by atoms with Crippen LogP contribution in [-0.2, 0) is 0 Å². The molecule has 0 N–H and O–H groups in total. The molecule has 5 heteroatoms. The monoisotopic (exact) mass is 460 g/mol. The topological polar surface area (TPSA) is 17.8 Å². The van der Waals surface area contributed by atoms with E-state index in [0.717, 1.165) is 27.0 Å². The first kappa shape index (κ1) is 14.4. The highest BCUT2D eigenvalue weighted by Crippen LogP contribution is 2.29. The summed E-state index contributed by atoms with van der Waals surface area (Å²) >= 11 is 12.1. The van der Waals surface area contributed by atoms with Crippen molar-refractivity contribution in [2.24, 2.45) is 0 Å². The number of nitrogens with zero attached hydrogens (tertiary/aromatic N) is 2. The van der Waals surface area contributed by atoms with Gasteiger partial charge < -0.3 is 0 Å². The van der Waals surface area contributed by atoms with Gasteiger partial charge in [0.2, 0.25) is 0 Å². The normalized spacial score (nSPS) is 12.8. The molecular weight excluding hydrogens is 450 g/mol. The predicted molar refractivity (Wildman–Crippen MR) is 95.8 cm³/mol. The van der Waals surface area contributed by atoms with Crippen molar-refractivity contribution >= 4 is 61.2 Å². The van der Waals surface area contributed by atoms with Gasteiger partial charge in [-0.3, -0.25) is 4.57 Å². The molecule has 0 amide bonds. The fraction of sp³-hybridized carbons (Fsp3) is 0.133. The molecule has 0 saturated heterocycles. The van der Waals surface area contributed by atoms with Gasteiger partial charge >= 0.3 is 0 Å². The molecule has 1 unspecified atom stereocenters. The molecule has 0 spiro atoms. The lowest BCUT2D eigenvalue weighted by Crippen LogP contribution is -2.01. The first-order valence-electron chi connectivity index (χ1n) is 6.14. The molecule has 0 saturated carbocycles. The Morgan fingerprint density at radius 1 is 1.20 bits per heavy atom. The van der Waals surface area contributed by atoms with Gasteiger partial charge in [-0.15, -0.1) is 11.6 Å². The van der Waals surface area contributed by atoms with Crippen LogP contribution < -0.4 is 0 Å². The zero-order valence-corrected chi connectivity index (χ0v) is 15.1. The van der Waals surface area contributed by atoms with Crippen LogP contribution in [0.3, 0.4) is 0 Å².